The van der Waals surface area contributed by atoms with E-state index in [-0.39, 0.29) is 6.54 Å². The van der Waals surface area contributed by atoms with E-state index in [2.05, 4.69) is 10.0 Å². The van der Waals surface area contributed by atoms with Gasteiger partial charge in [0, 0.05) is 32.8 Å². The maximum atomic E-state index is 11.4. The van der Waals surface area contributed by atoms with Crippen LogP contribution in [0.15, 0.2) is 5.11 Å². The predicted molar refractivity (Wildman–Crippen MR) is 76.3 cm³/mol. The summed E-state index contributed by atoms with van der Waals surface area (Å²) in [4.78, 5) is 36.8. The Hall–Kier alpha value is -2.36. The Morgan fingerprint density at radius 2 is 1.50 bits per heavy atom. The molecule has 1 aliphatic rings. The average Bonchev–Trinajstić information content (AvgIpc) is 2.48. The molecular weight excluding hydrogens is 326 g/mol. The number of methoxy groups -OCH3 is 1. The Morgan fingerprint density at radius 3 is 1.96 bits per heavy atom. The van der Waals surface area contributed by atoms with Crippen LogP contribution in [-0.4, -0.2) is 62.3 Å². The van der Waals surface area contributed by atoms with Crippen molar-refractivity contribution in [3.63, 3.8) is 0 Å². The molecule has 1 heterocycles. The molecule has 5 atom stereocenters. The van der Waals surface area contributed by atoms with Gasteiger partial charge in [0.1, 0.15) is 6.10 Å². The summed E-state index contributed by atoms with van der Waals surface area (Å²) >= 11 is 0. The van der Waals surface area contributed by atoms with Crippen LogP contribution in [0.1, 0.15) is 20.8 Å². The third-order valence-corrected chi connectivity index (χ3v) is 3.05. The average molecular weight is 345 g/mol. The van der Waals surface area contributed by atoms with E-state index in [1.807, 2.05) is 0 Å². The number of azide groups is 1. The van der Waals surface area contributed by atoms with Gasteiger partial charge in [-0.1, -0.05) is 5.11 Å². The molecule has 0 aromatic carbocycles. The Bertz CT molecular complexity index is 533. The van der Waals surface area contributed by atoms with Crippen LogP contribution in [0.5, 0.6) is 0 Å². The molecule has 0 saturated carbocycles. The van der Waals surface area contributed by atoms with E-state index in [0.29, 0.717) is 0 Å². The van der Waals surface area contributed by atoms with Gasteiger partial charge in [0.25, 0.3) is 0 Å². The molecule has 11 heteroatoms. The number of hydrogen-bond acceptors (Lipinski definition) is 9. The minimum atomic E-state index is -1.19. The van der Waals surface area contributed by atoms with Gasteiger partial charge in [-0.05, 0) is 5.53 Å². The number of ether oxygens (including phenoxy) is 5. The molecule has 0 amide bonds. The molecule has 1 rings (SSSR count). The van der Waals surface area contributed by atoms with E-state index in [4.69, 9.17) is 29.2 Å². The highest BCUT2D eigenvalue weighted by Crippen LogP contribution is 2.29. The first kappa shape index (κ1) is 19.7. The van der Waals surface area contributed by atoms with Crippen molar-refractivity contribution >= 4 is 17.9 Å². The molecule has 0 unspecified atom stereocenters. The van der Waals surface area contributed by atoms with E-state index >= 15 is 0 Å². The zero-order chi connectivity index (χ0) is 18.3. The summed E-state index contributed by atoms with van der Waals surface area (Å²) in [5.74, 6) is -2.03. The summed E-state index contributed by atoms with van der Waals surface area (Å²) < 4.78 is 26.1. The van der Waals surface area contributed by atoms with Crippen LogP contribution >= 0.6 is 0 Å². The Labute approximate surface area is 137 Å². The molecule has 134 valence electrons. The molecule has 1 saturated heterocycles. The number of nitrogens with zero attached hydrogens (tertiary/aromatic N) is 3. The number of carbonyl (C=O) groups excluding carboxylic acids is 3. The number of hydrogen-bond donors (Lipinski definition) is 0. The highest BCUT2D eigenvalue weighted by molar-refractivity contribution is 5.68. The minimum absolute atomic E-state index is 0.209. The van der Waals surface area contributed by atoms with Gasteiger partial charge >= 0.3 is 17.9 Å². The topological polar surface area (TPSA) is 146 Å². The molecule has 24 heavy (non-hydrogen) atoms. The van der Waals surface area contributed by atoms with Gasteiger partial charge in [-0.25, -0.2) is 0 Å². The monoisotopic (exact) mass is 345 g/mol. The van der Waals surface area contributed by atoms with E-state index in [0.717, 1.165) is 20.8 Å². The van der Waals surface area contributed by atoms with Crippen molar-refractivity contribution in [3.05, 3.63) is 10.4 Å². The van der Waals surface area contributed by atoms with E-state index in [1.54, 1.807) is 0 Å². The third kappa shape index (κ3) is 5.37. The lowest BCUT2D eigenvalue weighted by molar-refractivity contribution is -0.296. The standard InChI is InChI=1S/C13H19N3O8/c1-6(17)21-10-9(5-15-16-14)24-13(20-4)12(23-8(3)19)11(10)22-7(2)18/h9-13H,5H2,1-4H3/t9-,10-,11+,12-,13-/m0/s1. The summed E-state index contributed by atoms with van der Waals surface area (Å²) in [5.41, 5.74) is 8.48. The molecule has 0 radical (unpaired) electrons. The molecule has 0 aromatic rings. The van der Waals surface area contributed by atoms with Crippen molar-refractivity contribution in [2.45, 2.75) is 51.5 Å². The molecule has 1 fully saturated rings. The van der Waals surface area contributed by atoms with E-state index in [9.17, 15) is 14.4 Å². The lowest BCUT2D eigenvalue weighted by atomic mass is 9.98. The molecule has 1 aliphatic heterocycles. The van der Waals surface area contributed by atoms with Crippen molar-refractivity contribution in [2.75, 3.05) is 13.7 Å². The smallest absolute Gasteiger partial charge is 0.303 e. The van der Waals surface area contributed by atoms with Crippen molar-refractivity contribution < 1.29 is 38.1 Å². The number of rotatable bonds is 6. The fourth-order valence-corrected chi connectivity index (χ4v) is 2.31. The normalized spacial score (nSPS) is 29.1. The second-order valence-corrected chi connectivity index (χ2v) is 4.91. The lowest BCUT2D eigenvalue weighted by Crippen LogP contribution is -2.62. The van der Waals surface area contributed by atoms with Gasteiger partial charge in [0.2, 0.25) is 0 Å². The van der Waals surface area contributed by atoms with Crippen LogP contribution in [0.2, 0.25) is 0 Å². The quantitative estimate of drug-likeness (QED) is 0.222. The summed E-state index contributed by atoms with van der Waals surface area (Å²) in [7, 11) is 1.29. The van der Waals surface area contributed by atoms with Gasteiger partial charge in [0.05, 0.1) is 6.54 Å². The first-order valence-corrected chi connectivity index (χ1v) is 7.01. The molecule has 0 spiro atoms. The van der Waals surface area contributed by atoms with Crippen LogP contribution < -0.4 is 0 Å². The van der Waals surface area contributed by atoms with Crippen molar-refractivity contribution in [3.8, 4) is 0 Å². The first-order valence-electron chi connectivity index (χ1n) is 7.01. The second-order valence-electron chi connectivity index (χ2n) is 4.91. The zero-order valence-corrected chi connectivity index (χ0v) is 13.7. The molecule has 0 aliphatic carbocycles. The van der Waals surface area contributed by atoms with Crippen molar-refractivity contribution in [2.24, 2.45) is 5.11 Å². The molecule has 0 aromatic heterocycles. The summed E-state index contributed by atoms with van der Waals surface area (Å²) in [6.45, 7) is 3.25. The molecule has 0 bridgehead atoms. The highest BCUT2D eigenvalue weighted by Gasteiger charge is 2.51. The van der Waals surface area contributed by atoms with Crippen LogP contribution in [-0.2, 0) is 38.1 Å². The van der Waals surface area contributed by atoms with Gasteiger partial charge in [-0.2, -0.15) is 0 Å². The van der Waals surface area contributed by atoms with Gasteiger partial charge in [-0.3, -0.25) is 14.4 Å². The SMILES string of the molecule is CO[C@H]1O[C@@H](CN=[N+]=[N-])[C@H](OC(C)=O)[C@@H](OC(C)=O)[C@@H]1OC(C)=O. The summed E-state index contributed by atoms with van der Waals surface area (Å²) in [6, 6.07) is 0. The zero-order valence-electron chi connectivity index (χ0n) is 13.7. The van der Waals surface area contributed by atoms with Gasteiger partial charge in [-0.15, -0.1) is 0 Å². The maximum absolute atomic E-state index is 11.4. The Morgan fingerprint density at radius 1 is 1.00 bits per heavy atom. The van der Waals surface area contributed by atoms with Crippen LogP contribution in [0.25, 0.3) is 10.4 Å². The fourth-order valence-electron chi connectivity index (χ4n) is 2.31. The number of carbonyl (C=O) groups is 3. The predicted octanol–water partition coefficient (Wildman–Crippen LogP) is 0.463. The molecule has 0 N–H and O–H groups in total. The van der Waals surface area contributed by atoms with Gasteiger partial charge in [0.15, 0.2) is 24.6 Å². The maximum Gasteiger partial charge on any atom is 0.303 e. The van der Waals surface area contributed by atoms with Crippen molar-refractivity contribution in [1.82, 2.24) is 0 Å². The fraction of sp³-hybridized carbons (Fsp3) is 0.769. The molecule has 11 nitrogen and oxygen atoms in total. The van der Waals surface area contributed by atoms with Crippen LogP contribution in [0.3, 0.4) is 0 Å². The van der Waals surface area contributed by atoms with Crippen LogP contribution in [0.4, 0.5) is 0 Å². The summed E-state index contributed by atoms with van der Waals surface area (Å²) in [6.07, 6.45) is -5.56. The lowest BCUT2D eigenvalue weighted by Gasteiger charge is -2.43. The molecular formula is C13H19N3O8. The van der Waals surface area contributed by atoms with E-state index in [1.165, 1.54) is 7.11 Å². The van der Waals surface area contributed by atoms with Gasteiger partial charge < -0.3 is 23.7 Å². The number of esters is 3. The Kier molecular flexibility index (Phi) is 7.43. The summed E-state index contributed by atoms with van der Waals surface area (Å²) in [5, 5.41) is 3.38. The largest absolute Gasteiger partial charge is 0.456 e. The minimum Gasteiger partial charge on any atom is -0.456 e. The second kappa shape index (κ2) is 9.06. The Balaban J connectivity index is 3.22. The third-order valence-electron chi connectivity index (χ3n) is 3.05. The van der Waals surface area contributed by atoms with Crippen molar-refractivity contribution in [1.29, 1.82) is 0 Å². The first-order chi connectivity index (χ1) is 11.3. The van der Waals surface area contributed by atoms with E-state index < -0.39 is 48.6 Å². The van der Waals surface area contributed by atoms with Crippen LogP contribution in [0, 0.1) is 0 Å². The highest BCUT2D eigenvalue weighted by atomic mass is 16.7.